The van der Waals surface area contributed by atoms with Crippen LogP contribution in [0.15, 0.2) is 12.1 Å². The smallest absolute Gasteiger partial charge is 0.278 e. The predicted molar refractivity (Wildman–Crippen MR) is 70.0 cm³/mol. The van der Waals surface area contributed by atoms with Crippen LogP contribution in [-0.2, 0) is 0 Å². The van der Waals surface area contributed by atoms with Crippen LogP contribution in [-0.4, -0.2) is 23.6 Å². The fourth-order valence-electron chi connectivity index (χ4n) is 1.47. The highest BCUT2D eigenvalue weighted by Gasteiger charge is 2.11. The second kappa shape index (κ2) is 6.78. The normalized spacial score (nSPS) is 10.4. The van der Waals surface area contributed by atoms with Crippen molar-refractivity contribution in [2.75, 3.05) is 19.0 Å². The third-order valence-electron chi connectivity index (χ3n) is 2.43. The minimum absolute atomic E-state index is 0.0202. The molecule has 0 aliphatic carbocycles. The summed E-state index contributed by atoms with van der Waals surface area (Å²) in [4.78, 5) is 14.4. The fourth-order valence-corrected chi connectivity index (χ4v) is 1.47. The monoisotopic (exact) mass is 253 g/mol. The second-order valence-corrected chi connectivity index (χ2v) is 4.44. The van der Waals surface area contributed by atoms with Gasteiger partial charge in [-0.25, -0.2) is 0 Å². The van der Waals surface area contributed by atoms with Gasteiger partial charge in [-0.2, -0.15) is 4.98 Å². The van der Waals surface area contributed by atoms with E-state index in [9.17, 15) is 10.1 Å². The molecule has 0 aliphatic heterocycles. The molecule has 18 heavy (non-hydrogen) atoms. The molecule has 100 valence electrons. The zero-order chi connectivity index (χ0) is 13.5. The summed E-state index contributed by atoms with van der Waals surface area (Å²) in [6, 6.07) is 2.72. The Kier molecular flexibility index (Phi) is 5.35. The molecule has 1 rings (SSSR count). The van der Waals surface area contributed by atoms with Crippen molar-refractivity contribution in [2.24, 2.45) is 5.92 Å². The summed E-state index contributed by atoms with van der Waals surface area (Å²) >= 11 is 0. The van der Waals surface area contributed by atoms with Crippen LogP contribution in [0.4, 0.5) is 11.5 Å². The Balaban J connectivity index is 2.64. The summed E-state index contributed by atoms with van der Waals surface area (Å²) in [6.07, 6.45) is 1.98. The number of nitrogens with one attached hydrogen (secondary N) is 1. The van der Waals surface area contributed by atoms with Gasteiger partial charge in [0.15, 0.2) is 0 Å². The van der Waals surface area contributed by atoms with Gasteiger partial charge in [0.05, 0.1) is 23.7 Å². The van der Waals surface area contributed by atoms with E-state index >= 15 is 0 Å². The number of ether oxygens (including phenoxy) is 1. The minimum atomic E-state index is -0.455. The SMILES string of the molecule is CNc1cc([N+](=O)[O-])cc(OCCCC(C)C)n1. The van der Waals surface area contributed by atoms with E-state index in [2.05, 4.69) is 24.1 Å². The first kappa shape index (κ1) is 14.2. The Labute approximate surface area is 107 Å². The molecule has 0 aromatic carbocycles. The van der Waals surface area contributed by atoms with Gasteiger partial charge in [-0.15, -0.1) is 0 Å². The van der Waals surface area contributed by atoms with Crippen molar-refractivity contribution in [1.29, 1.82) is 0 Å². The Hall–Kier alpha value is -1.85. The van der Waals surface area contributed by atoms with Crippen LogP contribution in [0.5, 0.6) is 5.88 Å². The number of hydrogen-bond donors (Lipinski definition) is 1. The van der Waals surface area contributed by atoms with Gasteiger partial charge in [-0.3, -0.25) is 10.1 Å². The lowest BCUT2D eigenvalue weighted by Gasteiger charge is -2.08. The maximum absolute atomic E-state index is 10.7. The highest BCUT2D eigenvalue weighted by atomic mass is 16.6. The highest BCUT2D eigenvalue weighted by Crippen LogP contribution is 2.22. The maximum atomic E-state index is 10.7. The van der Waals surface area contributed by atoms with Crippen molar-refractivity contribution in [2.45, 2.75) is 26.7 Å². The zero-order valence-electron chi connectivity index (χ0n) is 11.0. The van der Waals surface area contributed by atoms with Gasteiger partial charge in [0, 0.05) is 7.05 Å². The van der Waals surface area contributed by atoms with Crippen LogP contribution in [0.25, 0.3) is 0 Å². The zero-order valence-corrected chi connectivity index (χ0v) is 11.0. The topological polar surface area (TPSA) is 77.3 Å². The Bertz CT molecular complexity index is 408. The quantitative estimate of drug-likeness (QED) is 0.459. The van der Waals surface area contributed by atoms with E-state index in [-0.39, 0.29) is 11.6 Å². The van der Waals surface area contributed by atoms with Crippen LogP contribution < -0.4 is 10.1 Å². The molecule has 0 aliphatic rings. The number of aromatic nitrogens is 1. The molecule has 1 aromatic heterocycles. The van der Waals surface area contributed by atoms with E-state index in [1.807, 2.05) is 0 Å². The fraction of sp³-hybridized carbons (Fsp3) is 0.583. The summed E-state index contributed by atoms with van der Waals surface area (Å²) in [7, 11) is 1.66. The molecule has 0 unspecified atom stereocenters. The van der Waals surface area contributed by atoms with E-state index in [1.165, 1.54) is 12.1 Å². The third-order valence-corrected chi connectivity index (χ3v) is 2.43. The lowest BCUT2D eigenvalue weighted by Crippen LogP contribution is -2.03. The van der Waals surface area contributed by atoms with Crippen molar-refractivity contribution >= 4 is 11.5 Å². The van der Waals surface area contributed by atoms with Gasteiger partial charge in [0.2, 0.25) is 5.88 Å². The molecule has 0 fully saturated rings. The Morgan fingerprint density at radius 1 is 1.50 bits per heavy atom. The molecule has 0 radical (unpaired) electrons. The second-order valence-electron chi connectivity index (χ2n) is 4.44. The molecule has 6 heteroatoms. The number of nitro groups is 1. The lowest BCUT2D eigenvalue weighted by atomic mass is 10.1. The molecule has 0 saturated carbocycles. The van der Waals surface area contributed by atoms with Crippen LogP contribution in [0, 0.1) is 16.0 Å². The predicted octanol–water partition coefficient (Wildman–Crippen LogP) is 2.85. The molecular weight excluding hydrogens is 234 g/mol. The Morgan fingerprint density at radius 3 is 2.78 bits per heavy atom. The molecule has 1 heterocycles. The standard InChI is InChI=1S/C12H19N3O3/c1-9(2)5-4-6-18-12-8-10(15(16)17)7-11(13-3)14-12/h7-9H,4-6H2,1-3H3,(H,13,14). The first-order valence-corrected chi connectivity index (χ1v) is 6.00. The van der Waals surface area contributed by atoms with Crippen molar-refractivity contribution < 1.29 is 9.66 Å². The van der Waals surface area contributed by atoms with Crippen molar-refractivity contribution in [3.63, 3.8) is 0 Å². The van der Waals surface area contributed by atoms with Gasteiger partial charge < -0.3 is 10.1 Å². The van der Waals surface area contributed by atoms with Crippen LogP contribution >= 0.6 is 0 Å². The summed E-state index contributed by atoms with van der Waals surface area (Å²) in [5.41, 5.74) is -0.0202. The van der Waals surface area contributed by atoms with Crippen LogP contribution in [0.2, 0.25) is 0 Å². The van der Waals surface area contributed by atoms with Gasteiger partial charge in [-0.1, -0.05) is 13.8 Å². The summed E-state index contributed by atoms with van der Waals surface area (Å²) in [5.74, 6) is 1.35. The summed E-state index contributed by atoms with van der Waals surface area (Å²) in [6.45, 7) is 4.81. The molecule has 0 spiro atoms. The van der Waals surface area contributed by atoms with Gasteiger partial charge in [0.25, 0.3) is 5.69 Å². The van der Waals surface area contributed by atoms with Crippen molar-refractivity contribution in [1.82, 2.24) is 4.98 Å². The summed E-state index contributed by atoms with van der Waals surface area (Å²) in [5, 5.41) is 13.5. The first-order valence-electron chi connectivity index (χ1n) is 6.00. The maximum Gasteiger partial charge on any atom is 0.278 e. The van der Waals surface area contributed by atoms with Crippen LogP contribution in [0.3, 0.4) is 0 Å². The number of anilines is 1. The molecule has 6 nitrogen and oxygen atoms in total. The average molecular weight is 253 g/mol. The highest BCUT2D eigenvalue weighted by molar-refractivity contribution is 5.47. The minimum Gasteiger partial charge on any atom is -0.477 e. The molecule has 1 N–H and O–H groups in total. The number of nitrogens with zero attached hydrogens (tertiary/aromatic N) is 2. The Morgan fingerprint density at radius 2 is 2.22 bits per heavy atom. The van der Waals surface area contributed by atoms with Crippen molar-refractivity contribution in [3.05, 3.63) is 22.2 Å². The van der Waals surface area contributed by atoms with Gasteiger partial charge >= 0.3 is 0 Å². The lowest BCUT2D eigenvalue weighted by molar-refractivity contribution is -0.384. The van der Waals surface area contributed by atoms with Crippen LogP contribution in [0.1, 0.15) is 26.7 Å². The number of pyridine rings is 1. The first-order chi connectivity index (χ1) is 8.52. The van der Waals surface area contributed by atoms with Crippen molar-refractivity contribution in [3.8, 4) is 5.88 Å². The van der Waals surface area contributed by atoms with E-state index in [0.29, 0.717) is 18.3 Å². The summed E-state index contributed by atoms with van der Waals surface area (Å²) < 4.78 is 5.43. The van der Waals surface area contributed by atoms with E-state index in [1.54, 1.807) is 7.05 Å². The van der Waals surface area contributed by atoms with E-state index in [0.717, 1.165) is 12.8 Å². The number of hydrogen-bond acceptors (Lipinski definition) is 5. The molecule has 0 bridgehead atoms. The molecule has 0 atom stereocenters. The van der Waals surface area contributed by atoms with E-state index in [4.69, 9.17) is 4.74 Å². The largest absolute Gasteiger partial charge is 0.477 e. The number of rotatable bonds is 7. The molecule has 1 aromatic rings. The van der Waals surface area contributed by atoms with Gasteiger partial charge in [-0.05, 0) is 18.8 Å². The average Bonchev–Trinajstić information content (AvgIpc) is 2.34. The molecular formula is C12H19N3O3. The molecule has 0 saturated heterocycles. The van der Waals surface area contributed by atoms with E-state index < -0.39 is 4.92 Å². The molecule has 0 amide bonds. The van der Waals surface area contributed by atoms with Gasteiger partial charge in [0.1, 0.15) is 5.82 Å². The third kappa shape index (κ3) is 4.57.